The van der Waals surface area contributed by atoms with E-state index in [4.69, 9.17) is 0 Å². The van der Waals surface area contributed by atoms with Gasteiger partial charge in [0.25, 0.3) is 0 Å². The predicted molar refractivity (Wildman–Crippen MR) is 69.7 cm³/mol. The summed E-state index contributed by atoms with van der Waals surface area (Å²) < 4.78 is 0. The average molecular weight is 224 g/mol. The lowest BCUT2D eigenvalue weighted by atomic mass is 9.79. The van der Waals surface area contributed by atoms with Crippen molar-refractivity contribution in [1.82, 2.24) is 10.2 Å². The van der Waals surface area contributed by atoms with E-state index in [1.54, 1.807) is 0 Å². The third-order valence-electron chi connectivity index (χ3n) is 4.61. The number of piperazine rings is 1. The molecule has 2 rings (SSSR count). The lowest BCUT2D eigenvalue weighted by molar-refractivity contribution is 0.195. The van der Waals surface area contributed by atoms with E-state index in [0.29, 0.717) is 0 Å². The third-order valence-corrected chi connectivity index (χ3v) is 4.61. The Labute approximate surface area is 101 Å². The maximum atomic E-state index is 3.42. The van der Waals surface area contributed by atoms with Crippen LogP contribution in [0, 0.1) is 11.8 Å². The van der Waals surface area contributed by atoms with Gasteiger partial charge in [0.1, 0.15) is 0 Å². The van der Waals surface area contributed by atoms with Gasteiger partial charge in [0.2, 0.25) is 0 Å². The standard InChI is InChI=1S/C14H28N2/c1-2-13-3-5-14(6-4-13)7-10-16-11-8-15-9-12-16/h13-15H,2-12H2,1H3. The zero-order valence-electron chi connectivity index (χ0n) is 10.9. The molecule has 0 spiro atoms. The highest BCUT2D eigenvalue weighted by atomic mass is 15.2. The summed E-state index contributed by atoms with van der Waals surface area (Å²) in [6.45, 7) is 8.63. The molecule has 2 aliphatic rings. The first-order valence-corrected chi connectivity index (χ1v) is 7.31. The molecule has 0 aromatic rings. The van der Waals surface area contributed by atoms with Gasteiger partial charge in [-0.1, -0.05) is 39.0 Å². The molecule has 0 atom stereocenters. The van der Waals surface area contributed by atoms with Crippen molar-refractivity contribution >= 4 is 0 Å². The van der Waals surface area contributed by atoms with Gasteiger partial charge in [0, 0.05) is 26.2 Å². The second-order valence-electron chi connectivity index (χ2n) is 5.68. The van der Waals surface area contributed by atoms with Gasteiger partial charge in [-0.25, -0.2) is 0 Å². The normalized spacial score (nSPS) is 32.8. The van der Waals surface area contributed by atoms with E-state index in [9.17, 15) is 0 Å². The minimum atomic E-state index is 1.04. The van der Waals surface area contributed by atoms with Gasteiger partial charge in [-0.3, -0.25) is 0 Å². The van der Waals surface area contributed by atoms with E-state index in [2.05, 4.69) is 17.1 Å². The summed E-state index contributed by atoms with van der Waals surface area (Å²) in [7, 11) is 0. The van der Waals surface area contributed by atoms with Crippen molar-refractivity contribution in [1.29, 1.82) is 0 Å². The molecule has 1 N–H and O–H groups in total. The highest BCUT2D eigenvalue weighted by Gasteiger charge is 2.20. The van der Waals surface area contributed by atoms with Crippen molar-refractivity contribution < 1.29 is 0 Å². The molecule has 0 radical (unpaired) electrons. The fourth-order valence-corrected chi connectivity index (χ4v) is 3.23. The maximum Gasteiger partial charge on any atom is 0.0107 e. The number of hydrogen-bond acceptors (Lipinski definition) is 2. The molecular formula is C14H28N2. The Bertz CT molecular complexity index is 179. The molecule has 0 bridgehead atoms. The van der Waals surface area contributed by atoms with Gasteiger partial charge in [-0.15, -0.1) is 0 Å². The number of rotatable bonds is 4. The molecule has 1 saturated carbocycles. The minimum absolute atomic E-state index is 1.04. The molecule has 1 aliphatic heterocycles. The highest BCUT2D eigenvalue weighted by Crippen LogP contribution is 2.32. The van der Waals surface area contributed by atoms with Crippen molar-refractivity contribution in [2.24, 2.45) is 11.8 Å². The van der Waals surface area contributed by atoms with E-state index in [1.807, 2.05) is 0 Å². The maximum absolute atomic E-state index is 3.42. The summed E-state index contributed by atoms with van der Waals surface area (Å²) in [6, 6.07) is 0. The Morgan fingerprint density at radius 2 is 1.62 bits per heavy atom. The zero-order valence-corrected chi connectivity index (χ0v) is 10.9. The zero-order chi connectivity index (χ0) is 11.2. The van der Waals surface area contributed by atoms with Gasteiger partial charge in [0.05, 0.1) is 0 Å². The minimum Gasteiger partial charge on any atom is -0.314 e. The fourth-order valence-electron chi connectivity index (χ4n) is 3.23. The van der Waals surface area contributed by atoms with E-state index in [0.717, 1.165) is 11.8 Å². The number of nitrogens with one attached hydrogen (secondary N) is 1. The summed E-state index contributed by atoms with van der Waals surface area (Å²) in [4.78, 5) is 2.64. The Morgan fingerprint density at radius 1 is 1.00 bits per heavy atom. The fraction of sp³-hybridized carbons (Fsp3) is 1.00. The molecule has 2 nitrogen and oxygen atoms in total. The van der Waals surface area contributed by atoms with Crippen molar-refractivity contribution in [3.63, 3.8) is 0 Å². The summed E-state index contributed by atoms with van der Waals surface area (Å²) in [5.74, 6) is 2.09. The second kappa shape index (κ2) is 6.61. The van der Waals surface area contributed by atoms with Crippen molar-refractivity contribution in [3.05, 3.63) is 0 Å². The average Bonchev–Trinajstić information content (AvgIpc) is 2.38. The first kappa shape index (κ1) is 12.4. The molecule has 0 unspecified atom stereocenters. The molecule has 0 aromatic heterocycles. The van der Waals surface area contributed by atoms with E-state index in [-0.39, 0.29) is 0 Å². The van der Waals surface area contributed by atoms with Crippen molar-refractivity contribution in [3.8, 4) is 0 Å². The van der Waals surface area contributed by atoms with Crippen LogP contribution in [0.1, 0.15) is 45.4 Å². The summed E-state index contributed by atoms with van der Waals surface area (Å²) in [5, 5.41) is 3.42. The van der Waals surface area contributed by atoms with Gasteiger partial charge in [-0.05, 0) is 24.8 Å². The topological polar surface area (TPSA) is 15.3 Å². The molecule has 16 heavy (non-hydrogen) atoms. The van der Waals surface area contributed by atoms with Crippen molar-refractivity contribution in [2.45, 2.75) is 45.4 Å². The smallest absolute Gasteiger partial charge is 0.0107 e. The Morgan fingerprint density at radius 3 is 2.25 bits per heavy atom. The van der Waals surface area contributed by atoms with Crippen LogP contribution >= 0.6 is 0 Å². The number of nitrogens with zero attached hydrogens (tertiary/aromatic N) is 1. The van der Waals surface area contributed by atoms with Crippen molar-refractivity contribution in [2.75, 3.05) is 32.7 Å². The predicted octanol–water partition coefficient (Wildman–Crippen LogP) is 2.50. The summed E-state index contributed by atoms with van der Waals surface area (Å²) >= 11 is 0. The quantitative estimate of drug-likeness (QED) is 0.789. The van der Waals surface area contributed by atoms with Crippen LogP contribution in [0.25, 0.3) is 0 Å². The van der Waals surface area contributed by atoms with Crippen LogP contribution in [0.4, 0.5) is 0 Å². The third kappa shape index (κ3) is 3.74. The molecule has 0 aromatic carbocycles. The lowest BCUT2D eigenvalue weighted by Crippen LogP contribution is -2.44. The van der Waals surface area contributed by atoms with Crippen LogP contribution in [0.3, 0.4) is 0 Å². The van der Waals surface area contributed by atoms with Gasteiger partial charge in [0.15, 0.2) is 0 Å². The molecule has 0 amide bonds. The molecule has 1 saturated heterocycles. The van der Waals surface area contributed by atoms with Gasteiger partial charge >= 0.3 is 0 Å². The van der Waals surface area contributed by atoms with Crippen LogP contribution in [0.2, 0.25) is 0 Å². The molecule has 2 fully saturated rings. The van der Waals surface area contributed by atoms with Crippen LogP contribution in [0.5, 0.6) is 0 Å². The highest BCUT2D eigenvalue weighted by molar-refractivity contribution is 4.74. The monoisotopic (exact) mass is 224 g/mol. The Kier molecular flexibility index (Phi) is 5.11. The molecular weight excluding hydrogens is 196 g/mol. The molecule has 1 heterocycles. The Hall–Kier alpha value is -0.0800. The number of hydrogen-bond donors (Lipinski definition) is 1. The summed E-state index contributed by atoms with van der Waals surface area (Å²) in [5.41, 5.74) is 0. The van der Waals surface area contributed by atoms with Crippen LogP contribution in [-0.2, 0) is 0 Å². The van der Waals surface area contributed by atoms with Crippen LogP contribution in [0.15, 0.2) is 0 Å². The SMILES string of the molecule is CCC1CCC(CCN2CCNCC2)CC1. The lowest BCUT2D eigenvalue weighted by Gasteiger charge is -2.31. The molecule has 2 heteroatoms. The van der Waals surface area contributed by atoms with Crippen LogP contribution < -0.4 is 5.32 Å². The Balaban J connectivity index is 1.59. The summed E-state index contributed by atoms with van der Waals surface area (Å²) in [6.07, 6.45) is 8.88. The van der Waals surface area contributed by atoms with E-state index < -0.39 is 0 Å². The molecule has 1 aliphatic carbocycles. The first-order chi connectivity index (χ1) is 7.88. The van der Waals surface area contributed by atoms with Crippen LogP contribution in [-0.4, -0.2) is 37.6 Å². The van der Waals surface area contributed by atoms with Gasteiger partial charge < -0.3 is 10.2 Å². The first-order valence-electron chi connectivity index (χ1n) is 7.31. The largest absolute Gasteiger partial charge is 0.314 e. The van der Waals surface area contributed by atoms with E-state index in [1.165, 1.54) is 71.2 Å². The molecule has 94 valence electrons. The second-order valence-corrected chi connectivity index (χ2v) is 5.68. The van der Waals surface area contributed by atoms with E-state index >= 15 is 0 Å². The van der Waals surface area contributed by atoms with Gasteiger partial charge in [-0.2, -0.15) is 0 Å².